The normalized spacial score (nSPS) is 14.4. The monoisotopic (exact) mass is 1770 g/mol. The maximum absolute atomic E-state index is 9.04. The molecule has 20 rings (SSSR count). The van der Waals surface area contributed by atoms with Crippen molar-refractivity contribution in [1.82, 2.24) is 24.9 Å². The second-order valence-corrected chi connectivity index (χ2v) is 35.4. The Labute approximate surface area is 798 Å². The highest BCUT2D eigenvalue weighted by Crippen LogP contribution is 2.45. The summed E-state index contributed by atoms with van der Waals surface area (Å²) in [6.45, 7) is 26.4. The minimum Gasteiger partial charge on any atom is -0.437 e. The molecule has 132 heavy (non-hydrogen) atoms. The lowest BCUT2D eigenvalue weighted by atomic mass is 9.89. The van der Waals surface area contributed by atoms with Gasteiger partial charge in [0.05, 0.1) is 38.6 Å². The molecule has 15 heteroatoms. The Bertz CT molecular complexity index is 8560. The van der Waals surface area contributed by atoms with Gasteiger partial charge in [0.15, 0.2) is 58.9 Å². The predicted octanol–water partition coefficient (Wildman–Crippen LogP) is 28.5. The summed E-state index contributed by atoms with van der Waals surface area (Å²) in [4.78, 5) is 22.6. The van der Waals surface area contributed by atoms with Gasteiger partial charge in [0.25, 0.3) is 0 Å². The fourth-order valence-corrected chi connectivity index (χ4v) is 19.0. The maximum Gasteiger partial charge on any atom is 0.227 e. The molecule has 15 nitrogen and oxygen atoms in total. The summed E-state index contributed by atoms with van der Waals surface area (Å²) in [6, 6.07) is 53.5. The molecule has 20 aromatic rings. The topological polar surface area (TPSA) is 150 Å². The van der Waals surface area contributed by atoms with Gasteiger partial charge >= 0.3 is 0 Å². The highest BCUT2D eigenvalue weighted by Gasteiger charge is 2.31. The van der Waals surface area contributed by atoms with Crippen LogP contribution in [0.4, 0.5) is 0 Å². The molecule has 0 aliphatic rings. The predicted molar refractivity (Wildman–Crippen MR) is 541 cm³/mol. The van der Waals surface area contributed by atoms with Crippen molar-refractivity contribution in [1.29, 1.82) is 0 Å². The molecule has 672 valence electrons. The van der Waals surface area contributed by atoms with Gasteiger partial charge in [0.2, 0.25) is 57.0 Å². The van der Waals surface area contributed by atoms with Gasteiger partial charge in [-0.3, -0.25) is 0 Å². The van der Waals surface area contributed by atoms with Gasteiger partial charge in [-0.15, -0.1) is 0 Å². The van der Waals surface area contributed by atoms with E-state index < -0.39 is 45.1 Å². The van der Waals surface area contributed by atoms with Crippen LogP contribution in [-0.2, 0) is 35.2 Å². The van der Waals surface area contributed by atoms with Crippen LogP contribution in [0.1, 0.15) is 239 Å². The Morgan fingerprint density at radius 1 is 0.295 bits per heavy atom. The third-order valence-corrected chi connectivity index (χ3v) is 26.2. The molecule has 15 heterocycles. The summed E-state index contributed by atoms with van der Waals surface area (Å²) in [5.74, 6) is -2.76. The zero-order valence-corrected chi connectivity index (χ0v) is 80.3. The summed E-state index contributed by atoms with van der Waals surface area (Å²) in [6.07, 6.45) is 14.7. The maximum atomic E-state index is 9.04. The van der Waals surface area contributed by atoms with E-state index in [1.54, 1.807) is 50.5 Å². The molecular formula is C117H129N10O5+5. The number of rotatable bonds is 15. The van der Waals surface area contributed by atoms with Crippen LogP contribution in [0.5, 0.6) is 0 Å². The number of fused-ring (bicyclic) bond motifs is 15. The van der Waals surface area contributed by atoms with E-state index in [1.165, 1.54) is 42.1 Å². The lowest BCUT2D eigenvalue weighted by molar-refractivity contribution is -0.661. The largest absolute Gasteiger partial charge is 0.437 e. The smallest absolute Gasteiger partial charge is 0.227 e. The van der Waals surface area contributed by atoms with Gasteiger partial charge in [-0.05, 0) is 275 Å². The number of hydrogen-bond donors (Lipinski definition) is 0. The minimum atomic E-state index is -2.51. The Balaban J connectivity index is 0.000000132. The van der Waals surface area contributed by atoms with Gasteiger partial charge in [-0.1, -0.05) is 116 Å². The molecule has 0 aliphatic carbocycles. The van der Waals surface area contributed by atoms with Gasteiger partial charge in [0, 0.05) is 152 Å². The van der Waals surface area contributed by atoms with Crippen LogP contribution in [0.25, 0.3) is 167 Å². The second kappa shape index (κ2) is 37.8. The number of nitrogens with zero attached hydrogens (tertiary/aromatic N) is 10. The molecule has 0 saturated heterocycles. The van der Waals surface area contributed by atoms with E-state index in [4.69, 9.17) is 42.6 Å². The first-order chi connectivity index (χ1) is 69.2. The van der Waals surface area contributed by atoms with Crippen molar-refractivity contribution in [3.05, 3.63) is 296 Å². The molecule has 5 aromatic carbocycles. The van der Waals surface area contributed by atoms with E-state index >= 15 is 0 Å². The third kappa shape index (κ3) is 17.4. The minimum absolute atomic E-state index is 0.179. The van der Waals surface area contributed by atoms with Crippen LogP contribution in [0, 0.1) is 96.7 Å². The van der Waals surface area contributed by atoms with Crippen LogP contribution < -0.4 is 22.8 Å². The van der Waals surface area contributed by atoms with Gasteiger partial charge in [-0.25, -0.2) is 47.8 Å². The molecule has 0 spiro atoms. The lowest BCUT2D eigenvalue weighted by Gasteiger charge is -2.16. The van der Waals surface area contributed by atoms with Crippen molar-refractivity contribution < 1.29 is 65.5 Å². The number of aryl methyl sites for hydroxylation is 19. The van der Waals surface area contributed by atoms with E-state index in [2.05, 4.69) is 163 Å². The Morgan fingerprint density at radius 2 is 0.652 bits per heavy atom. The molecule has 0 radical (unpaired) electrons. The van der Waals surface area contributed by atoms with Crippen molar-refractivity contribution in [2.24, 2.45) is 35.2 Å². The van der Waals surface area contributed by atoms with Gasteiger partial charge in [-0.2, -0.15) is 0 Å². The van der Waals surface area contributed by atoms with E-state index in [9.17, 15) is 0 Å². The molecule has 1 atom stereocenters. The van der Waals surface area contributed by atoms with Crippen LogP contribution in [-0.4, -0.2) is 24.9 Å². The summed E-state index contributed by atoms with van der Waals surface area (Å²) >= 11 is 0. The zero-order chi connectivity index (χ0) is 107. The number of aromatic nitrogens is 10. The molecule has 0 bridgehead atoms. The van der Waals surface area contributed by atoms with Crippen molar-refractivity contribution in [3.8, 4) is 56.3 Å². The number of furan rings is 5. The van der Waals surface area contributed by atoms with Crippen molar-refractivity contribution in [2.45, 2.75) is 214 Å². The highest BCUT2D eigenvalue weighted by molar-refractivity contribution is 6.14. The van der Waals surface area contributed by atoms with E-state index in [0.29, 0.717) is 97.0 Å². The average molecular weight is 1770 g/mol. The average Bonchev–Trinajstić information content (AvgIpc) is 1.61. The Hall–Kier alpha value is -13.4. The number of pyridine rings is 10. The van der Waals surface area contributed by atoms with Crippen LogP contribution >= 0.6 is 0 Å². The standard InChI is InChI=1S/2C25H29N2O.C24H27N2O.C23H25N2O.C20H19N2O/c1-7-18(8-2)21-13-22(27(6)14-16(21)4)23-15(3)9-11-19-20-12-10-17(5)26-25(20)28-24(19)23;1-7-18(8-2)21-14-27(6)22(13-16(21)4)23-15(3)9-11-19-20-12-10-17(5)26-25(20)28-24(19)23;1-6-17(7-2)18-12-13-26(5)21(14-18)22-15(3)8-10-19-20-11-9-16(4)25-24(20)27-23(19)22;1-13(2)17-9-10-25(6)19(12-17)21-14(3)7-8-18-20-15(4)11-16(5)24-23(20)26-22(18)21;1-12-8-9-15-17-13(2)11-14(3)21-20(17)23-19(15)18(12)16-7-5-6-10-22(16)4/h2*9-14,18H,7-8H2,1-6H3;8-14,17H,6-7H2,1-5H3;7-13H,1-6H3;5-11H,1-4H3/q5*+1/i4D3,18D;;17D;1D3,4D3,13D;2D3. The zero-order valence-electron chi connectivity index (χ0n) is 95.3. The summed E-state index contributed by atoms with van der Waals surface area (Å²) < 4.78 is 163. The molecule has 0 N–H and O–H groups in total. The quantitative estimate of drug-likeness (QED) is 0.0908. The molecule has 0 saturated carbocycles. The first-order valence-electron chi connectivity index (χ1n) is 53.3. The molecule has 0 aliphatic heterocycles. The second-order valence-electron chi connectivity index (χ2n) is 35.4. The van der Waals surface area contributed by atoms with Gasteiger partial charge < -0.3 is 22.1 Å². The molecular weight excluding hydrogens is 1630 g/mol. The number of benzene rings is 5. The van der Waals surface area contributed by atoms with Crippen LogP contribution in [0.15, 0.2) is 217 Å². The van der Waals surface area contributed by atoms with Crippen molar-refractivity contribution in [3.63, 3.8) is 0 Å². The van der Waals surface area contributed by atoms with E-state index in [-0.39, 0.29) is 22.4 Å². The molecule has 1 unspecified atom stereocenters. The SMILES string of the molecule is CCC(CC)c1c[n+](C)c(-c2c(C)ccc3c2oc2nc(C)ccc23)cc1C.[2H]C(CC)(CC)c1cc[n+](C)c(-c2c(C)ccc3c2oc2nc(C)ccc23)c1.[2H]C([2H])([2H])c1c[n+](C)c(-c2c(C)ccc3c2oc2nc(C)ccc23)cc1C([2H])(CC)CC.[2H]C([2H])([2H])c1cc(C)nc2oc3c(-c4cc(C([2H])(C)C([2H])([2H])[2H])cc[n+]4C)c(C)ccc3c12.[2H]C([2H])([2H])c1cc(C)nc2oc3c(-c4cccc[n+]4C)c(C)ccc3c12. The number of hydrogen-bond acceptors (Lipinski definition) is 10. The summed E-state index contributed by atoms with van der Waals surface area (Å²) in [7, 11) is 9.84. The molecule has 0 fully saturated rings. The van der Waals surface area contributed by atoms with E-state index in [1.807, 2.05) is 182 Å². The Kier molecular flexibility index (Phi) is 21.3. The fraction of sp³-hybridized carbons (Fsp3) is 0.316. The lowest BCUT2D eigenvalue weighted by Crippen LogP contribution is -2.32. The molecule has 0 amide bonds. The third-order valence-electron chi connectivity index (χ3n) is 26.2. The van der Waals surface area contributed by atoms with Crippen LogP contribution in [0.2, 0.25) is 0 Å². The van der Waals surface area contributed by atoms with Crippen molar-refractivity contribution in [2.75, 3.05) is 0 Å². The van der Waals surface area contributed by atoms with E-state index in [0.717, 1.165) is 157 Å². The summed E-state index contributed by atoms with van der Waals surface area (Å²) in [5.41, 5.74) is 30.5. The van der Waals surface area contributed by atoms with Gasteiger partial charge in [0.1, 0.15) is 35.2 Å². The first-order valence-corrected chi connectivity index (χ1v) is 45.8. The first kappa shape index (κ1) is 74.3. The van der Waals surface area contributed by atoms with Crippen LogP contribution in [0.3, 0.4) is 0 Å². The summed E-state index contributed by atoms with van der Waals surface area (Å²) in [5, 5.41) is 8.67. The molecule has 15 aromatic heterocycles. The van der Waals surface area contributed by atoms with Crippen molar-refractivity contribution >= 4 is 110 Å². The highest BCUT2D eigenvalue weighted by atomic mass is 16.4. The Morgan fingerprint density at radius 3 is 1.06 bits per heavy atom. The fourth-order valence-electron chi connectivity index (χ4n) is 19.0.